The predicted molar refractivity (Wildman–Crippen MR) is 127 cm³/mol. The lowest BCUT2D eigenvalue weighted by Gasteiger charge is -2.23. The molecule has 0 aliphatic carbocycles. The second kappa shape index (κ2) is 9.14. The molecule has 0 unspecified atom stereocenters. The molecule has 0 radical (unpaired) electrons. The highest BCUT2D eigenvalue weighted by atomic mass is 16.2. The summed E-state index contributed by atoms with van der Waals surface area (Å²) in [5.74, 6) is 0.429. The van der Waals surface area contributed by atoms with Gasteiger partial charge in [0.1, 0.15) is 5.82 Å². The fourth-order valence-electron chi connectivity index (χ4n) is 3.63. The fraction of sp³-hybridized carbons (Fsp3) is 0.231. The maximum absolute atomic E-state index is 13.6. The smallest absolute Gasteiger partial charge is 0.254 e. The summed E-state index contributed by atoms with van der Waals surface area (Å²) in [6.07, 6.45) is 4.56. The van der Waals surface area contributed by atoms with E-state index in [4.69, 9.17) is 5.73 Å². The van der Waals surface area contributed by atoms with Crippen molar-refractivity contribution in [1.82, 2.24) is 19.9 Å². The Bertz CT molecular complexity index is 1270. The highest BCUT2D eigenvalue weighted by Crippen LogP contribution is 2.21. The number of aromatic nitrogens is 3. The number of hydrogen-bond donors (Lipinski definition) is 1. The van der Waals surface area contributed by atoms with E-state index in [9.17, 15) is 4.79 Å². The van der Waals surface area contributed by atoms with Gasteiger partial charge in [0.25, 0.3) is 5.91 Å². The van der Waals surface area contributed by atoms with Gasteiger partial charge in [-0.15, -0.1) is 0 Å². The van der Waals surface area contributed by atoms with Crippen molar-refractivity contribution in [1.29, 1.82) is 0 Å². The van der Waals surface area contributed by atoms with Crippen molar-refractivity contribution in [3.05, 3.63) is 94.6 Å². The number of fused-ring (bicyclic) bond motifs is 1. The van der Waals surface area contributed by atoms with Crippen LogP contribution >= 0.6 is 0 Å². The van der Waals surface area contributed by atoms with Crippen LogP contribution in [0, 0.1) is 13.8 Å². The van der Waals surface area contributed by atoms with Crippen LogP contribution in [0.25, 0.3) is 10.9 Å². The number of rotatable bonds is 6. The zero-order valence-corrected chi connectivity index (χ0v) is 18.7. The summed E-state index contributed by atoms with van der Waals surface area (Å²) in [6, 6.07) is 15.5. The van der Waals surface area contributed by atoms with Crippen LogP contribution in [0.15, 0.2) is 60.9 Å². The minimum absolute atomic E-state index is 0.0761. The number of benzene rings is 1. The fourth-order valence-corrected chi connectivity index (χ4v) is 3.63. The van der Waals surface area contributed by atoms with E-state index in [0.29, 0.717) is 24.5 Å². The van der Waals surface area contributed by atoms with Crippen molar-refractivity contribution in [2.75, 3.05) is 5.73 Å². The number of anilines is 1. The normalized spacial score (nSPS) is 11.0. The number of nitrogens with two attached hydrogens (primary N) is 1. The second-order valence-corrected chi connectivity index (χ2v) is 8.04. The zero-order chi connectivity index (χ0) is 22.7. The maximum Gasteiger partial charge on any atom is 0.254 e. The molecule has 0 saturated heterocycles. The second-order valence-electron chi connectivity index (χ2n) is 8.04. The van der Waals surface area contributed by atoms with Gasteiger partial charge in [0, 0.05) is 23.3 Å². The number of carbonyl (C=O) groups is 1. The minimum Gasteiger partial charge on any atom is -0.383 e. The molecule has 0 aliphatic rings. The molecule has 32 heavy (non-hydrogen) atoms. The largest absolute Gasteiger partial charge is 0.383 e. The monoisotopic (exact) mass is 425 g/mol. The van der Waals surface area contributed by atoms with E-state index in [1.165, 1.54) is 5.56 Å². The molecule has 4 aromatic rings. The molecule has 4 rings (SSSR count). The van der Waals surface area contributed by atoms with Crippen molar-refractivity contribution in [3.63, 3.8) is 0 Å². The third-order valence-electron chi connectivity index (χ3n) is 5.68. The lowest BCUT2D eigenvalue weighted by Crippen LogP contribution is -2.31. The summed E-state index contributed by atoms with van der Waals surface area (Å²) >= 11 is 0. The van der Waals surface area contributed by atoms with Crippen LogP contribution in [-0.2, 0) is 19.5 Å². The van der Waals surface area contributed by atoms with Crippen LogP contribution in [-0.4, -0.2) is 25.8 Å². The molecule has 6 heteroatoms. The minimum atomic E-state index is -0.0761. The summed E-state index contributed by atoms with van der Waals surface area (Å²) in [7, 11) is 0. The lowest BCUT2D eigenvalue weighted by molar-refractivity contribution is 0.0725. The van der Waals surface area contributed by atoms with E-state index in [1.807, 2.05) is 56.4 Å². The van der Waals surface area contributed by atoms with Crippen LogP contribution in [0.4, 0.5) is 5.82 Å². The summed E-state index contributed by atoms with van der Waals surface area (Å²) in [6.45, 7) is 6.82. The SMILES string of the molecule is CCc1ccc(CN(Cc2ncccc2C)C(=O)c2ccc3nc(N)c(C)cc3c2)nc1. The first kappa shape index (κ1) is 21.4. The van der Waals surface area contributed by atoms with Gasteiger partial charge < -0.3 is 10.6 Å². The Balaban J connectivity index is 1.68. The first-order valence-electron chi connectivity index (χ1n) is 10.7. The Morgan fingerprint density at radius 3 is 2.56 bits per heavy atom. The molecule has 0 spiro atoms. The van der Waals surface area contributed by atoms with E-state index in [-0.39, 0.29) is 5.91 Å². The quantitative estimate of drug-likeness (QED) is 0.487. The molecule has 1 amide bonds. The molecule has 0 saturated carbocycles. The highest BCUT2D eigenvalue weighted by Gasteiger charge is 2.19. The van der Waals surface area contributed by atoms with Gasteiger partial charge in [-0.1, -0.05) is 19.1 Å². The van der Waals surface area contributed by atoms with Crippen LogP contribution in [0.5, 0.6) is 0 Å². The van der Waals surface area contributed by atoms with Crippen molar-refractivity contribution in [3.8, 4) is 0 Å². The van der Waals surface area contributed by atoms with Crippen LogP contribution in [0.1, 0.15) is 45.4 Å². The van der Waals surface area contributed by atoms with E-state index in [1.54, 1.807) is 17.2 Å². The van der Waals surface area contributed by atoms with Crippen molar-refractivity contribution >= 4 is 22.6 Å². The number of hydrogen-bond acceptors (Lipinski definition) is 5. The Hall–Kier alpha value is -3.80. The van der Waals surface area contributed by atoms with Crippen LogP contribution in [0.2, 0.25) is 0 Å². The van der Waals surface area contributed by atoms with Crippen molar-refractivity contribution < 1.29 is 4.79 Å². The number of amides is 1. The van der Waals surface area contributed by atoms with E-state index >= 15 is 0 Å². The van der Waals surface area contributed by atoms with E-state index in [2.05, 4.69) is 27.9 Å². The number of nitrogens with zero attached hydrogens (tertiary/aromatic N) is 4. The summed E-state index contributed by atoms with van der Waals surface area (Å²) in [5.41, 5.74) is 12.1. The molecule has 6 nitrogen and oxygen atoms in total. The Morgan fingerprint density at radius 2 is 1.84 bits per heavy atom. The molecule has 0 aliphatic heterocycles. The van der Waals surface area contributed by atoms with Gasteiger partial charge in [-0.05, 0) is 73.4 Å². The molecule has 0 fully saturated rings. The molecule has 162 valence electrons. The van der Waals surface area contributed by atoms with Crippen LogP contribution in [0.3, 0.4) is 0 Å². The van der Waals surface area contributed by atoms with Gasteiger partial charge in [0.2, 0.25) is 0 Å². The molecular weight excluding hydrogens is 398 g/mol. The number of carbonyl (C=O) groups excluding carboxylic acids is 1. The summed E-state index contributed by atoms with van der Waals surface area (Å²) < 4.78 is 0. The first-order valence-corrected chi connectivity index (χ1v) is 10.7. The predicted octanol–water partition coefficient (Wildman–Crippen LogP) is 4.63. The Morgan fingerprint density at radius 1 is 1.00 bits per heavy atom. The van der Waals surface area contributed by atoms with Crippen LogP contribution < -0.4 is 5.73 Å². The van der Waals surface area contributed by atoms with Crippen molar-refractivity contribution in [2.45, 2.75) is 40.3 Å². The van der Waals surface area contributed by atoms with Gasteiger partial charge in [-0.3, -0.25) is 14.8 Å². The Kier molecular flexibility index (Phi) is 6.12. The number of nitrogen functional groups attached to an aromatic ring is 1. The first-order chi connectivity index (χ1) is 15.4. The Labute approximate surface area is 188 Å². The molecule has 1 aromatic carbocycles. The molecule has 0 atom stereocenters. The molecule has 2 N–H and O–H groups in total. The molecular formula is C26H27N5O. The van der Waals surface area contributed by atoms with Gasteiger partial charge in [-0.2, -0.15) is 0 Å². The highest BCUT2D eigenvalue weighted by molar-refractivity contribution is 5.98. The number of pyridine rings is 3. The molecule has 0 bridgehead atoms. The van der Waals surface area contributed by atoms with Gasteiger partial charge in [-0.25, -0.2) is 4.98 Å². The van der Waals surface area contributed by atoms with E-state index < -0.39 is 0 Å². The lowest BCUT2D eigenvalue weighted by atomic mass is 10.1. The summed E-state index contributed by atoms with van der Waals surface area (Å²) in [4.78, 5) is 28.9. The van der Waals surface area contributed by atoms with E-state index in [0.717, 1.165) is 39.8 Å². The molecule has 3 heterocycles. The zero-order valence-electron chi connectivity index (χ0n) is 18.7. The van der Waals surface area contributed by atoms with Gasteiger partial charge in [0.15, 0.2) is 0 Å². The average molecular weight is 426 g/mol. The van der Waals surface area contributed by atoms with Gasteiger partial charge in [0.05, 0.1) is 30.0 Å². The third kappa shape index (κ3) is 4.59. The number of aryl methyl sites for hydroxylation is 3. The van der Waals surface area contributed by atoms with Gasteiger partial charge >= 0.3 is 0 Å². The third-order valence-corrected chi connectivity index (χ3v) is 5.68. The maximum atomic E-state index is 13.6. The van der Waals surface area contributed by atoms with Crippen molar-refractivity contribution in [2.24, 2.45) is 0 Å². The summed E-state index contributed by atoms with van der Waals surface area (Å²) in [5, 5.41) is 0.891. The molecule has 3 aromatic heterocycles. The topological polar surface area (TPSA) is 85.0 Å². The average Bonchev–Trinajstić information content (AvgIpc) is 2.80. The standard InChI is InChI=1S/C26H27N5O/c1-4-19-7-9-22(29-14-19)15-31(16-24-17(2)6-5-11-28-24)26(32)20-8-10-23-21(13-20)12-18(3)25(27)30-23/h5-14H,4,15-16H2,1-3H3,(H2,27,30).